The highest BCUT2D eigenvalue weighted by Gasteiger charge is 1.93. The summed E-state index contributed by atoms with van der Waals surface area (Å²) in [6.07, 6.45) is 1.83. The quantitative estimate of drug-likeness (QED) is 0.602. The van der Waals surface area contributed by atoms with E-state index in [-0.39, 0.29) is 6.67 Å². The molecular weight excluding hydrogens is 141 g/mol. The first-order chi connectivity index (χ1) is 5.31. The fraction of sp³-hybridized carbons (Fsp3) is 1.00. The first-order valence-electron chi connectivity index (χ1n) is 4.55. The standard InChI is InChI=1S/C7H16FN.C2H6/c1-3-6-9(2)7-4-5-8;1-2/h3-7H2,1-2H3;1-2H3. The summed E-state index contributed by atoms with van der Waals surface area (Å²) in [6.45, 7) is 7.92. The summed E-state index contributed by atoms with van der Waals surface area (Å²) in [5.41, 5.74) is 0. The first kappa shape index (κ1) is 13.5. The van der Waals surface area contributed by atoms with E-state index < -0.39 is 0 Å². The van der Waals surface area contributed by atoms with Crippen molar-refractivity contribution in [1.82, 2.24) is 4.90 Å². The predicted octanol–water partition coefficient (Wildman–Crippen LogP) is 2.71. The van der Waals surface area contributed by atoms with Crippen LogP contribution < -0.4 is 0 Å². The van der Waals surface area contributed by atoms with E-state index >= 15 is 0 Å². The summed E-state index contributed by atoms with van der Waals surface area (Å²) in [5, 5.41) is 0. The zero-order valence-electron chi connectivity index (χ0n) is 8.36. The molecule has 0 aliphatic rings. The molecule has 0 radical (unpaired) electrons. The molecule has 0 N–H and O–H groups in total. The molecule has 70 valence electrons. The van der Waals surface area contributed by atoms with Crippen molar-refractivity contribution < 1.29 is 4.39 Å². The molecule has 1 nitrogen and oxygen atoms in total. The topological polar surface area (TPSA) is 3.24 Å². The number of alkyl halides is 1. The van der Waals surface area contributed by atoms with Crippen LogP contribution in [0.4, 0.5) is 4.39 Å². The Hall–Kier alpha value is -0.110. The van der Waals surface area contributed by atoms with Crippen LogP contribution in [0.15, 0.2) is 0 Å². The molecule has 0 aromatic rings. The second-order valence-electron chi connectivity index (χ2n) is 2.35. The lowest BCUT2D eigenvalue weighted by Gasteiger charge is -2.13. The number of nitrogens with zero attached hydrogens (tertiary/aromatic N) is 1. The molecule has 0 heterocycles. The van der Waals surface area contributed by atoms with Crippen LogP contribution in [-0.2, 0) is 0 Å². The third-order valence-electron chi connectivity index (χ3n) is 1.28. The highest BCUT2D eigenvalue weighted by atomic mass is 19.1. The number of rotatable bonds is 5. The maximum Gasteiger partial charge on any atom is 0.0906 e. The molecule has 0 aromatic heterocycles. The molecule has 0 aromatic carbocycles. The first-order valence-corrected chi connectivity index (χ1v) is 4.55. The van der Waals surface area contributed by atoms with Crippen molar-refractivity contribution in [2.24, 2.45) is 0 Å². The van der Waals surface area contributed by atoms with Gasteiger partial charge in [0.1, 0.15) is 0 Å². The summed E-state index contributed by atoms with van der Waals surface area (Å²) >= 11 is 0. The van der Waals surface area contributed by atoms with Crippen molar-refractivity contribution in [2.75, 3.05) is 26.8 Å². The fourth-order valence-electron chi connectivity index (χ4n) is 0.823. The van der Waals surface area contributed by atoms with E-state index in [0.29, 0.717) is 6.42 Å². The van der Waals surface area contributed by atoms with Crippen LogP contribution in [0.2, 0.25) is 0 Å². The van der Waals surface area contributed by atoms with E-state index in [0.717, 1.165) is 19.5 Å². The van der Waals surface area contributed by atoms with Crippen molar-refractivity contribution in [3.63, 3.8) is 0 Å². The minimum Gasteiger partial charge on any atom is -0.306 e. The number of halogens is 1. The van der Waals surface area contributed by atoms with Crippen LogP contribution >= 0.6 is 0 Å². The van der Waals surface area contributed by atoms with Gasteiger partial charge in [0.25, 0.3) is 0 Å². The van der Waals surface area contributed by atoms with Crippen LogP contribution in [0.25, 0.3) is 0 Å². The third-order valence-corrected chi connectivity index (χ3v) is 1.28. The highest BCUT2D eigenvalue weighted by Crippen LogP contribution is 1.89. The molecule has 0 saturated heterocycles. The smallest absolute Gasteiger partial charge is 0.0906 e. The molecule has 2 heteroatoms. The van der Waals surface area contributed by atoms with Gasteiger partial charge in [0.05, 0.1) is 6.67 Å². The van der Waals surface area contributed by atoms with Gasteiger partial charge >= 0.3 is 0 Å². The molecule has 0 unspecified atom stereocenters. The molecule has 0 aliphatic heterocycles. The van der Waals surface area contributed by atoms with E-state index in [1.165, 1.54) is 0 Å². The van der Waals surface area contributed by atoms with Crippen molar-refractivity contribution >= 4 is 0 Å². The minimum atomic E-state index is -0.186. The van der Waals surface area contributed by atoms with Gasteiger partial charge in [-0.15, -0.1) is 0 Å². The molecule has 0 fully saturated rings. The lowest BCUT2D eigenvalue weighted by molar-refractivity contribution is 0.310. The Morgan fingerprint density at radius 1 is 1.18 bits per heavy atom. The zero-order chi connectivity index (χ0) is 9.11. The van der Waals surface area contributed by atoms with Crippen LogP contribution in [-0.4, -0.2) is 31.7 Å². The average Bonchev–Trinajstić information content (AvgIpc) is 2.05. The van der Waals surface area contributed by atoms with Gasteiger partial charge in [0.15, 0.2) is 0 Å². The normalized spacial score (nSPS) is 9.27. The van der Waals surface area contributed by atoms with E-state index in [9.17, 15) is 4.39 Å². The van der Waals surface area contributed by atoms with Gasteiger partial charge in [0.2, 0.25) is 0 Å². The SMILES string of the molecule is CC.CCCN(C)CCCF. The lowest BCUT2D eigenvalue weighted by Crippen LogP contribution is -2.20. The van der Waals surface area contributed by atoms with Gasteiger partial charge in [-0.1, -0.05) is 20.8 Å². The van der Waals surface area contributed by atoms with Gasteiger partial charge in [-0.25, -0.2) is 0 Å². The Labute approximate surface area is 70.6 Å². The van der Waals surface area contributed by atoms with Crippen molar-refractivity contribution in [1.29, 1.82) is 0 Å². The van der Waals surface area contributed by atoms with Crippen LogP contribution in [0.1, 0.15) is 33.6 Å². The van der Waals surface area contributed by atoms with Crippen LogP contribution in [0.3, 0.4) is 0 Å². The molecule has 0 spiro atoms. The Bertz CT molecular complexity index is 57.5. The molecule has 0 bridgehead atoms. The second kappa shape index (κ2) is 12.6. The van der Waals surface area contributed by atoms with E-state index in [1.54, 1.807) is 0 Å². The lowest BCUT2D eigenvalue weighted by atomic mass is 10.4. The minimum absolute atomic E-state index is 0.186. The molecule has 11 heavy (non-hydrogen) atoms. The summed E-state index contributed by atoms with van der Waals surface area (Å²) in [4.78, 5) is 2.15. The largest absolute Gasteiger partial charge is 0.306 e. The van der Waals surface area contributed by atoms with Crippen LogP contribution in [0.5, 0.6) is 0 Å². The molecule has 0 amide bonds. The molecule has 0 atom stereocenters. The molecular formula is C9H22FN. The maximum atomic E-state index is 11.6. The van der Waals surface area contributed by atoms with E-state index in [1.807, 2.05) is 20.9 Å². The monoisotopic (exact) mass is 163 g/mol. The van der Waals surface area contributed by atoms with E-state index in [4.69, 9.17) is 0 Å². The van der Waals surface area contributed by atoms with Gasteiger partial charge in [-0.2, -0.15) is 0 Å². The Morgan fingerprint density at radius 2 is 1.73 bits per heavy atom. The van der Waals surface area contributed by atoms with Gasteiger partial charge in [0, 0.05) is 6.54 Å². The molecule has 0 aliphatic carbocycles. The van der Waals surface area contributed by atoms with Crippen molar-refractivity contribution in [3.05, 3.63) is 0 Å². The zero-order valence-corrected chi connectivity index (χ0v) is 8.36. The van der Waals surface area contributed by atoms with Crippen molar-refractivity contribution in [3.8, 4) is 0 Å². The molecule has 0 saturated carbocycles. The number of hydrogen-bond donors (Lipinski definition) is 0. The summed E-state index contributed by atoms with van der Waals surface area (Å²) in [5.74, 6) is 0. The summed E-state index contributed by atoms with van der Waals surface area (Å²) in [6, 6.07) is 0. The maximum absolute atomic E-state index is 11.6. The van der Waals surface area contributed by atoms with Gasteiger partial charge in [-0.05, 0) is 26.4 Å². The second-order valence-corrected chi connectivity index (χ2v) is 2.35. The highest BCUT2D eigenvalue weighted by molar-refractivity contribution is 4.48. The summed E-state index contributed by atoms with van der Waals surface area (Å²) < 4.78 is 11.6. The molecule has 0 rings (SSSR count). The summed E-state index contributed by atoms with van der Waals surface area (Å²) in [7, 11) is 2.03. The average molecular weight is 163 g/mol. The third kappa shape index (κ3) is 13.0. The predicted molar refractivity (Wildman–Crippen MR) is 49.7 cm³/mol. The van der Waals surface area contributed by atoms with Crippen molar-refractivity contribution in [2.45, 2.75) is 33.6 Å². The van der Waals surface area contributed by atoms with Crippen LogP contribution in [0, 0.1) is 0 Å². The van der Waals surface area contributed by atoms with Gasteiger partial charge < -0.3 is 4.90 Å². The fourth-order valence-corrected chi connectivity index (χ4v) is 0.823. The number of hydrogen-bond acceptors (Lipinski definition) is 1. The Kier molecular flexibility index (Phi) is 15.4. The Balaban J connectivity index is 0. The Morgan fingerprint density at radius 3 is 2.09 bits per heavy atom. The van der Waals surface area contributed by atoms with Gasteiger partial charge in [-0.3, -0.25) is 4.39 Å². The van der Waals surface area contributed by atoms with E-state index in [2.05, 4.69) is 11.8 Å².